The standard InChI is InChI=1S/C24H25N3O4S/c1-3-4-9-20-18(17-8-5-6-10-19(17)31-20)14-27(2)22(28)13-16-15-32-24(25-16)26-23(29)21-11-7-12-30-21/h5-8,10-12,15H,3-4,9,13-14H2,1-2H3,(H,25,26,29). The summed E-state index contributed by atoms with van der Waals surface area (Å²) in [6.07, 6.45) is 4.56. The van der Waals surface area contributed by atoms with E-state index in [1.165, 1.54) is 17.6 Å². The summed E-state index contributed by atoms with van der Waals surface area (Å²) in [7, 11) is 1.79. The van der Waals surface area contributed by atoms with Crippen molar-refractivity contribution in [3.8, 4) is 0 Å². The first kappa shape index (κ1) is 21.8. The number of benzene rings is 1. The van der Waals surface area contributed by atoms with E-state index in [1.807, 2.05) is 24.3 Å². The number of rotatable bonds is 9. The molecule has 32 heavy (non-hydrogen) atoms. The van der Waals surface area contributed by atoms with E-state index in [2.05, 4.69) is 17.2 Å². The zero-order valence-corrected chi connectivity index (χ0v) is 18.9. The molecule has 7 nitrogen and oxygen atoms in total. The van der Waals surface area contributed by atoms with Gasteiger partial charge in [0.1, 0.15) is 11.3 Å². The van der Waals surface area contributed by atoms with Gasteiger partial charge in [0.2, 0.25) is 5.91 Å². The van der Waals surface area contributed by atoms with E-state index in [9.17, 15) is 9.59 Å². The van der Waals surface area contributed by atoms with Crippen LogP contribution in [0.1, 0.15) is 47.3 Å². The average Bonchev–Trinajstić information content (AvgIpc) is 3.53. The van der Waals surface area contributed by atoms with Crippen LogP contribution in [0.4, 0.5) is 5.13 Å². The molecule has 0 saturated carbocycles. The summed E-state index contributed by atoms with van der Waals surface area (Å²) in [4.78, 5) is 31.0. The number of thiazole rings is 1. The highest BCUT2D eigenvalue weighted by Crippen LogP contribution is 2.28. The maximum absolute atomic E-state index is 12.9. The largest absolute Gasteiger partial charge is 0.461 e. The Hall–Kier alpha value is -3.39. The van der Waals surface area contributed by atoms with E-state index in [0.29, 0.717) is 17.4 Å². The lowest BCUT2D eigenvalue weighted by Gasteiger charge is -2.17. The van der Waals surface area contributed by atoms with Crippen LogP contribution in [-0.4, -0.2) is 28.7 Å². The molecular weight excluding hydrogens is 426 g/mol. The van der Waals surface area contributed by atoms with E-state index >= 15 is 0 Å². The van der Waals surface area contributed by atoms with Crippen LogP contribution in [0.2, 0.25) is 0 Å². The van der Waals surface area contributed by atoms with Crippen LogP contribution in [-0.2, 0) is 24.2 Å². The number of nitrogens with zero attached hydrogens (tertiary/aromatic N) is 2. The number of aryl methyl sites for hydroxylation is 1. The molecule has 0 bridgehead atoms. The molecule has 0 aliphatic carbocycles. The van der Waals surface area contributed by atoms with Crippen LogP contribution in [0.3, 0.4) is 0 Å². The second-order valence-electron chi connectivity index (χ2n) is 7.61. The van der Waals surface area contributed by atoms with Crippen molar-refractivity contribution in [2.75, 3.05) is 12.4 Å². The molecule has 0 aliphatic rings. The minimum absolute atomic E-state index is 0.0501. The molecule has 3 heterocycles. The molecule has 0 aliphatic heterocycles. The fourth-order valence-corrected chi connectivity index (χ4v) is 4.19. The molecular formula is C24H25N3O4S. The highest BCUT2D eigenvalue weighted by atomic mass is 32.1. The van der Waals surface area contributed by atoms with Gasteiger partial charge in [-0.05, 0) is 24.6 Å². The summed E-state index contributed by atoms with van der Waals surface area (Å²) >= 11 is 1.28. The zero-order valence-electron chi connectivity index (χ0n) is 18.1. The van der Waals surface area contributed by atoms with E-state index in [0.717, 1.165) is 41.6 Å². The summed E-state index contributed by atoms with van der Waals surface area (Å²) in [6, 6.07) is 11.2. The number of furan rings is 2. The Morgan fingerprint density at radius 3 is 2.81 bits per heavy atom. The van der Waals surface area contributed by atoms with Crippen molar-refractivity contribution in [2.24, 2.45) is 0 Å². The second-order valence-corrected chi connectivity index (χ2v) is 8.46. The van der Waals surface area contributed by atoms with Gasteiger partial charge in [0, 0.05) is 36.3 Å². The molecule has 0 unspecified atom stereocenters. The SMILES string of the molecule is CCCCc1oc2ccccc2c1CN(C)C(=O)Cc1csc(NC(=O)c2ccco2)n1. The number of aromatic nitrogens is 1. The lowest BCUT2D eigenvalue weighted by Crippen LogP contribution is -2.28. The van der Waals surface area contributed by atoms with E-state index in [-0.39, 0.29) is 24.0 Å². The third-order valence-electron chi connectivity index (χ3n) is 5.21. The quantitative estimate of drug-likeness (QED) is 0.374. The van der Waals surface area contributed by atoms with Gasteiger partial charge in [0.25, 0.3) is 5.91 Å². The number of fused-ring (bicyclic) bond motifs is 1. The maximum Gasteiger partial charge on any atom is 0.293 e. The van der Waals surface area contributed by atoms with Crippen LogP contribution in [0.15, 0.2) is 56.9 Å². The highest BCUT2D eigenvalue weighted by Gasteiger charge is 2.19. The van der Waals surface area contributed by atoms with Gasteiger partial charge in [0.05, 0.1) is 18.4 Å². The lowest BCUT2D eigenvalue weighted by atomic mass is 10.1. The fraction of sp³-hybridized carbons (Fsp3) is 0.292. The normalized spacial score (nSPS) is 11.1. The van der Waals surface area contributed by atoms with Crippen LogP contribution in [0.5, 0.6) is 0 Å². The minimum Gasteiger partial charge on any atom is -0.461 e. The number of hydrogen-bond acceptors (Lipinski definition) is 6. The van der Waals surface area contributed by atoms with Crippen molar-refractivity contribution in [1.29, 1.82) is 0 Å². The number of unbranched alkanes of at least 4 members (excludes halogenated alkanes) is 1. The first-order valence-electron chi connectivity index (χ1n) is 10.6. The molecule has 166 valence electrons. The first-order valence-corrected chi connectivity index (χ1v) is 11.5. The summed E-state index contributed by atoms with van der Waals surface area (Å²) in [6.45, 7) is 2.62. The van der Waals surface area contributed by atoms with Gasteiger partial charge in [0.15, 0.2) is 10.9 Å². The highest BCUT2D eigenvalue weighted by molar-refractivity contribution is 7.14. The van der Waals surface area contributed by atoms with Crippen LogP contribution in [0.25, 0.3) is 11.0 Å². The van der Waals surface area contributed by atoms with Crippen LogP contribution >= 0.6 is 11.3 Å². The Bertz CT molecular complexity index is 1210. The Kier molecular flexibility index (Phi) is 6.70. The Morgan fingerprint density at radius 1 is 1.19 bits per heavy atom. The molecule has 1 aromatic carbocycles. The number of carbonyl (C=O) groups is 2. The minimum atomic E-state index is -0.370. The molecule has 4 aromatic rings. The van der Waals surface area contributed by atoms with Gasteiger partial charge in [-0.25, -0.2) is 4.98 Å². The number of anilines is 1. The van der Waals surface area contributed by atoms with Crippen molar-refractivity contribution in [2.45, 2.75) is 39.2 Å². The van der Waals surface area contributed by atoms with Gasteiger partial charge in [-0.2, -0.15) is 0 Å². The lowest BCUT2D eigenvalue weighted by molar-refractivity contribution is -0.129. The summed E-state index contributed by atoms with van der Waals surface area (Å²) < 4.78 is 11.2. The van der Waals surface area contributed by atoms with Crippen molar-refractivity contribution < 1.29 is 18.4 Å². The van der Waals surface area contributed by atoms with Gasteiger partial charge in [-0.3, -0.25) is 14.9 Å². The Labute approximate surface area is 190 Å². The number of likely N-dealkylation sites (N-methyl/N-ethyl adjacent to an activating group) is 1. The third kappa shape index (κ3) is 4.91. The Morgan fingerprint density at radius 2 is 2.03 bits per heavy atom. The summed E-state index contributed by atoms with van der Waals surface area (Å²) in [5.74, 6) is 0.741. The molecule has 0 spiro atoms. The second kappa shape index (κ2) is 9.82. The van der Waals surface area contributed by atoms with Gasteiger partial charge >= 0.3 is 0 Å². The molecule has 0 radical (unpaired) electrons. The van der Waals surface area contributed by atoms with Crippen molar-refractivity contribution in [1.82, 2.24) is 9.88 Å². The fourth-order valence-electron chi connectivity index (χ4n) is 3.49. The molecule has 0 fully saturated rings. The topological polar surface area (TPSA) is 88.6 Å². The number of nitrogens with one attached hydrogen (secondary N) is 1. The summed E-state index contributed by atoms with van der Waals surface area (Å²) in [5.41, 5.74) is 2.53. The molecule has 3 aromatic heterocycles. The maximum atomic E-state index is 12.9. The van der Waals surface area contributed by atoms with Gasteiger partial charge in [-0.15, -0.1) is 11.3 Å². The molecule has 1 N–H and O–H groups in total. The zero-order chi connectivity index (χ0) is 22.5. The van der Waals surface area contributed by atoms with Gasteiger partial charge in [-0.1, -0.05) is 31.5 Å². The first-order chi connectivity index (χ1) is 15.5. The van der Waals surface area contributed by atoms with E-state index < -0.39 is 0 Å². The number of para-hydroxylation sites is 1. The monoisotopic (exact) mass is 451 g/mol. The smallest absolute Gasteiger partial charge is 0.293 e. The van der Waals surface area contributed by atoms with E-state index in [4.69, 9.17) is 8.83 Å². The molecule has 8 heteroatoms. The van der Waals surface area contributed by atoms with Gasteiger partial charge < -0.3 is 13.7 Å². The summed E-state index contributed by atoms with van der Waals surface area (Å²) in [5, 5.41) is 5.95. The Balaban J connectivity index is 1.42. The van der Waals surface area contributed by atoms with E-state index in [1.54, 1.807) is 29.5 Å². The molecule has 0 saturated heterocycles. The third-order valence-corrected chi connectivity index (χ3v) is 6.02. The molecule has 4 rings (SSSR count). The number of hydrogen-bond donors (Lipinski definition) is 1. The predicted molar refractivity (Wildman–Crippen MR) is 124 cm³/mol. The van der Waals surface area contributed by atoms with Crippen molar-refractivity contribution >= 4 is 39.3 Å². The molecule has 2 amide bonds. The number of carbonyl (C=O) groups excluding carboxylic acids is 2. The molecule has 0 atom stereocenters. The predicted octanol–water partition coefficient (Wildman–Crippen LogP) is 5.28. The van der Waals surface area contributed by atoms with Crippen molar-refractivity contribution in [3.63, 3.8) is 0 Å². The van der Waals surface area contributed by atoms with Crippen LogP contribution in [0, 0.1) is 0 Å². The van der Waals surface area contributed by atoms with Crippen molar-refractivity contribution in [3.05, 3.63) is 70.8 Å². The van der Waals surface area contributed by atoms with Crippen LogP contribution < -0.4 is 5.32 Å². The number of amides is 2. The average molecular weight is 452 g/mol.